The molecule has 0 unspecified atom stereocenters. The number of nitriles is 1. The molecule has 1 atom stereocenters. The van der Waals surface area contributed by atoms with E-state index in [1.165, 1.54) is 24.8 Å². The van der Waals surface area contributed by atoms with Crippen molar-refractivity contribution in [3.05, 3.63) is 35.5 Å². The van der Waals surface area contributed by atoms with Gasteiger partial charge in [0, 0.05) is 17.8 Å². The van der Waals surface area contributed by atoms with Crippen LogP contribution in [0.3, 0.4) is 0 Å². The number of hydrogen-bond acceptors (Lipinski definition) is 5. The molecule has 1 aromatic rings. The lowest BCUT2D eigenvalue weighted by Gasteiger charge is -2.12. The average Bonchev–Trinajstić information content (AvgIpc) is 2.44. The van der Waals surface area contributed by atoms with Gasteiger partial charge in [-0.2, -0.15) is 5.26 Å². The predicted molar refractivity (Wildman–Crippen MR) is 82.2 cm³/mol. The number of carbonyl (C=O) groups is 2. The standard InChI is InChI=1S/C15H17N3O2S/c1-5-6-17-14(20)11(4)21-15-12(8-16)7-13(10(3)19)9(2)18-15/h5,7,11H,1,6H2,2-4H3,(H,17,20)/t11-/m0/s1. The number of carbonyl (C=O) groups excluding carboxylic acids is 2. The Bertz CT molecular complexity index is 620. The van der Waals surface area contributed by atoms with Crippen LogP contribution in [-0.4, -0.2) is 28.5 Å². The van der Waals surface area contributed by atoms with Gasteiger partial charge in [0.1, 0.15) is 11.1 Å². The molecular weight excluding hydrogens is 286 g/mol. The second kappa shape index (κ2) is 7.60. The summed E-state index contributed by atoms with van der Waals surface area (Å²) in [6, 6.07) is 3.55. The zero-order valence-electron chi connectivity index (χ0n) is 12.3. The highest BCUT2D eigenvalue weighted by Gasteiger charge is 2.19. The second-order valence-corrected chi connectivity index (χ2v) is 5.77. The number of pyridine rings is 1. The van der Waals surface area contributed by atoms with Gasteiger partial charge < -0.3 is 5.32 Å². The van der Waals surface area contributed by atoms with Crippen molar-refractivity contribution in [1.29, 1.82) is 5.26 Å². The third-order valence-corrected chi connectivity index (χ3v) is 3.86. The molecule has 0 bridgehead atoms. The van der Waals surface area contributed by atoms with Gasteiger partial charge in [-0.1, -0.05) is 17.8 Å². The highest BCUT2D eigenvalue weighted by molar-refractivity contribution is 8.00. The fourth-order valence-corrected chi connectivity index (χ4v) is 2.59. The minimum absolute atomic E-state index is 0.134. The lowest BCUT2D eigenvalue weighted by molar-refractivity contribution is -0.120. The first-order valence-electron chi connectivity index (χ1n) is 6.38. The van der Waals surface area contributed by atoms with Crippen LogP contribution in [0.15, 0.2) is 23.7 Å². The van der Waals surface area contributed by atoms with Gasteiger partial charge in [-0.25, -0.2) is 4.98 Å². The third-order valence-electron chi connectivity index (χ3n) is 2.76. The summed E-state index contributed by atoms with van der Waals surface area (Å²) in [5, 5.41) is 11.9. The van der Waals surface area contributed by atoms with Crippen LogP contribution in [0.2, 0.25) is 0 Å². The molecule has 6 heteroatoms. The van der Waals surface area contributed by atoms with Crippen molar-refractivity contribution in [2.75, 3.05) is 6.54 Å². The number of Topliss-reactive ketones (excluding diaryl/α,β-unsaturated/α-hetero) is 1. The molecule has 0 aliphatic heterocycles. The van der Waals surface area contributed by atoms with Crippen molar-refractivity contribution in [2.24, 2.45) is 0 Å². The number of amides is 1. The molecule has 1 amide bonds. The van der Waals surface area contributed by atoms with E-state index >= 15 is 0 Å². The van der Waals surface area contributed by atoms with Gasteiger partial charge in [0.25, 0.3) is 0 Å². The normalized spacial score (nSPS) is 11.3. The Labute approximate surface area is 128 Å². The largest absolute Gasteiger partial charge is 0.352 e. The van der Waals surface area contributed by atoms with E-state index in [1.54, 1.807) is 19.9 Å². The fraction of sp³-hybridized carbons (Fsp3) is 0.333. The van der Waals surface area contributed by atoms with E-state index in [0.717, 1.165) is 0 Å². The van der Waals surface area contributed by atoms with Crippen LogP contribution in [0.5, 0.6) is 0 Å². The molecule has 0 aliphatic carbocycles. The van der Waals surface area contributed by atoms with Crippen molar-refractivity contribution >= 4 is 23.5 Å². The second-order valence-electron chi connectivity index (χ2n) is 4.44. The van der Waals surface area contributed by atoms with E-state index < -0.39 is 5.25 Å². The highest BCUT2D eigenvalue weighted by Crippen LogP contribution is 2.26. The Kier molecular flexibility index (Phi) is 6.12. The summed E-state index contributed by atoms with van der Waals surface area (Å²) in [6.07, 6.45) is 1.60. The van der Waals surface area contributed by atoms with Gasteiger partial charge in [0.2, 0.25) is 5.91 Å². The molecule has 1 heterocycles. The Morgan fingerprint density at radius 2 is 2.29 bits per heavy atom. The maximum atomic E-state index is 11.8. The summed E-state index contributed by atoms with van der Waals surface area (Å²) < 4.78 is 0. The summed E-state index contributed by atoms with van der Waals surface area (Å²) >= 11 is 1.20. The summed E-state index contributed by atoms with van der Waals surface area (Å²) in [4.78, 5) is 27.6. The Morgan fingerprint density at radius 3 is 2.81 bits per heavy atom. The van der Waals surface area contributed by atoms with Crippen molar-refractivity contribution in [1.82, 2.24) is 10.3 Å². The monoisotopic (exact) mass is 303 g/mol. The summed E-state index contributed by atoms with van der Waals surface area (Å²) in [7, 11) is 0. The van der Waals surface area contributed by atoms with Crippen LogP contribution in [0.25, 0.3) is 0 Å². The van der Waals surface area contributed by atoms with Gasteiger partial charge in [-0.15, -0.1) is 6.58 Å². The van der Waals surface area contributed by atoms with Crippen LogP contribution >= 0.6 is 11.8 Å². The fourth-order valence-electron chi connectivity index (χ4n) is 1.65. The first kappa shape index (κ1) is 16.9. The quantitative estimate of drug-likeness (QED) is 0.495. The highest BCUT2D eigenvalue weighted by atomic mass is 32.2. The number of aryl methyl sites for hydroxylation is 1. The van der Waals surface area contributed by atoms with Gasteiger partial charge >= 0.3 is 0 Å². The Balaban J connectivity index is 3.01. The predicted octanol–water partition coefficient (Wildman–Crippen LogP) is 2.25. The van der Waals surface area contributed by atoms with Crippen LogP contribution < -0.4 is 5.32 Å². The minimum Gasteiger partial charge on any atom is -0.352 e. The lowest BCUT2D eigenvalue weighted by Crippen LogP contribution is -2.31. The third kappa shape index (κ3) is 4.43. The van der Waals surface area contributed by atoms with Crippen LogP contribution in [0.4, 0.5) is 0 Å². The summed E-state index contributed by atoms with van der Waals surface area (Å²) in [5.74, 6) is -0.288. The molecule has 0 aliphatic rings. The Morgan fingerprint density at radius 1 is 1.62 bits per heavy atom. The van der Waals surface area contributed by atoms with E-state index in [1.807, 2.05) is 6.07 Å². The molecule has 0 aromatic carbocycles. The smallest absolute Gasteiger partial charge is 0.233 e. The minimum atomic E-state index is -0.396. The molecule has 1 N–H and O–H groups in total. The van der Waals surface area contributed by atoms with E-state index in [4.69, 9.17) is 0 Å². The first-order valence-corrected chi connectivity index (χ1v) is 7.26. The van der Waals surface area contributed by atoms with E-state index in [-0.39, 0.29) is 11.7 Å². The van der Waals surface area contributed by atoms with Crippen molar-refractivity contribution in [2.45, 2.75) is 31.0 Å². The molecule has 0 spiro atoms. The van der Waals surface area contributed by atoms with Gasteiger partial charge in [-0.3, -0.25) is 9.59 Å². The van der Waals surface area contributed by atoms with Crippen LogP contribution in [0.1, 0.15) is 35.5 Å². The van der Waals surface area contributed by atoms with Crippen molar-refractivity contribution < 1.29 is 9.59 Å². The molecule has 1 aromatic heterocycles. The van der Waals surface area contributed by atoms with Gasteiger partial charge in [-0.05, 0) is 26.8 Å². The number of thioether (sulfide) groups is 1. The summed E-state index contributed by atoms with van der Waals surface area (Å²) in [5.41, 5.74) is 1.29. The van der Waals surface area contributed by atoms with Crippen molar-refractivity contribution in [3.8, 4) is 6.07 Å². The number of ketones is 1. The zero-order valence-corrected chi connectivity index (χ0v) is 13.1. The number of aromatic nitrogens is 1. The zero-order chi connectivity index (χ0) is 16.0. The molecule has 5 nitrogen and oxygen atoms in total. The SMILES string of the molecule is C=CCNC(=O)[C@H](C)Sc1nc(C)c(C(C)=O)cc1C#N. The number of nitrogens with one attached hydrogen (secondary N) is 1. The number of rotatable bonds is 6. The first-order chi connectivity index (χ1) is 9.90. The molecule has 1 rings (SSSR count). The van der Waals surface area contributed by atoms with Gasteiger partial charge in [0.15, 0.2) is 5.78 Å². The summed E-state index contributed by atoms with van der Waals surface area (Å²) in [6.45, 7) is 8.81. The van der Waals surface area contributed by atoms with Gasteiger partial charge in [0.05, 0.1) is 10.8 Å². The van der Waals surface area contributed by atoms with Crippen LogP contribution in [-0.2, 0) is 4.79 Å². The molecule has 0 radical (unpaired) electrons. The molecule has 0 saturated carbocycles. The van der Waals surface area contributed by atoms with Crippen molar-refractivity contribution in [3.63, 3.8) is 0 Å². The van der Waals surface area contributed by atoms with E-state index in [9.17, 15) is 14.9 Å². The topological polar surface area (TPSA) is 82.8 Å². The van der Waals surface area contributed by atoms with Crippen LogP contribution in [0, 0.1) is 18.3 Å². The van der Waals surface area contributed by atoms with E-state index in [0.29, 0.717) is 28.4 Å². The molecule has 110 valence electrons. The maximum Gasteiger partial charge on any atom is 0.233 e. The maximum absolute atomic E-state index is 11.8. The Hall–Kier alpha value is -2.13. The van der Waals surface area contributed by atoms with E-state index in [2.05, 4.69) is 16.9 Å². The molecule has 21 heavy (non-hydrogen) atoms. The molecule has 0 fully saturated rings. The molecule has 0 saturated heterocycles. The number of nitrogens with zero attached hydrogens (tertiary/aromatic N) is 2. The average molecular weight is 303 g/mol. The lowest BCUT2D eigenvalue weighted by atomic mass is 10.1. The molecular formula is C15H17N3O2S. The number of hydrogen-bond donors (Lipinski definition) is 1.